The van der Waals surface area contributed by atoms with Gasteiger partial charge in [0.15, 0.2) is 0 Å². The van der Waals surface area contributed by atoms with E-state index >= 15 is 0 Å². The van der Waals surface area contributed by atoms with Gasteiger partial charge in [0.25, 0.3) is 0 Å². The molecule has 0 fully saturated rings. The second kappa shape index (κ2) is 7.11. The number of nitrogens with one attached hydrogen (secondary N) is 1. The van der Waals surface area contributed by atoms with Crippen LogP contribution in [0.2, 0.25) is 0 Å². The molecule has 1 aromatic carbocycles. The summed E-state index contributed by atoms with van der Waals surface area (Å²) < 4.78 is 30.8. The molecule has 6 nitrogen and oxygen atoms in total. The van der Waals surface area contributed by atoms with Gasteiger partial charge in [-0.25, -0.2) is 13.1 Å². The molecule has 26 heavy (non-hydrogen) atoms. The van der Waals surface area contributed by atoms with E-state index < -0.39 is 16.1 Å². The van der Waals surface area contributed by atoms with Crippen molar-refractivity contribution in [3.8, 4) is 0 Å². The molecule has 0 aliphatic rings. The molecule has 0 saturated heterocycles. The quantitative estimate of drug-likeness (QED) is 0.673. The highest BCUT2D eigenvalue weighted by atomic mass is 32.2. The Hall–Kier alpha value is -1.74. The third-order valence-corrected chi connectivity index (χ3v) is 7.01. The van der Waals surface area contributed by atoms with Crippen LogP contribution in [0, 0.1) is 13.8 Å². The van der Waals surface area contributed by atoms with Crippen molar-refractivity contribution < 1.29 is 13.5 Å². The molecule has 0 aliphatic carbocycles. The molecule has 0 amide bonds. The second-order valence-corrected chi connectivity index (χ2v) is 9.21. The third-order valence-electron chi connectivity index (χ3n) is 4.35. The Morgan fingerprint density at radius 1 is 1.27 bits per heavy atom. The van der Waals surface area contributed by atoms with Gasteiger partial charge in [0.1, 0.15) is 4.90 Å². The van der Waals surface area contributed by atoms with Crippen molar-refractivity contribution >= 4 is 31.4 Å². The highest BCUT2D eigenvalue weighted by Gasteiger charge is 2.26. The van der Waals surface area contributed by atoms with E-state index in [1.165, 1.54) is 11.3 Å². The largest absolute Gasteiger partial charge is 0.387 e. The summed E-state index contributed by atoms with van der Waals surface area (Å²) in [5.41, 5.74) is 1.79. The van der Waals surface area contributed by atoms with Crippen molar-refractivity contribution in [2.24, 2.45) is 0 Å². The van der Waals surface area contributed by atoms with Gasteiger partial charge in [-0.1, -0.05) is 18.2 Å². The average molecular weight is 394 g/mol. The fourth-order valence-corrected chi connectivity index (χ4v) is 5.61. The lowest BCUT2D eigenvalue weighted by molar-refractivity contribution is 0.184. The van der Waals surface area contributed by atoms with Crippen LogP contribution in [0.4, 0.5) is 0 Å². The highest BCUT2D eigenvalue weighted by Crippen LogP contribution is 2.30. The number of hydrogen-bond acceptors (Lipinski definition) is 5. The molecule has 8 heteroatoms. The first kappa shape index (κ1) is 19.0. The predicted octanol–water partition coefficient (Wildman–Crippen LogP) is 3.31. The lowest BCUT2D eigenvalue weighted by Gasteiger charge is -2.13. The van der Waals surface area contributed by atoms with Crippen LogP contribution in [-0.4, -0.2) is 29.8 Å². The minimum Gasteiger partial charge on any atom is -0.387 e. The van der Waals surface area contributed by atoms with E-state index in [4.69, 9.17) is 0 Å². The number of hydrogen-bond donors (Lipinski definition) is 2. The van der Waals surface area contributed by atoms with Gasteiger partial charge >= 0.3 is 0 Å². The molecule has 1 atom stereocenters. The molecule has 0 aliphatic heterocycles. The first-order valence-corrected chi connectivity index (χ1v) is 10.8. The van der Waals surface area contributed by atoms with Gasteiger partial charge in [-0.2, -0.15) is 5.10 Å². The number of fused-ring (bicyclic) bond motifs is 1. The van der Waals surface area contributed by atoms with E-state index in [0.29, 0.717) is 11.4 Å². The Balaban J connectivity index is 1.83. The predicted molar refractivity (Wildman–Crippen MR) is 104 cm³/mol. The lowest BCUT2D eigenvalue weighted by Crippen LogP contribution is -2.29. The van der Waals surface area contributed by atoms with Crippen LogP contribution >= 0.6 is 11.3 Å². The minimum atomic E-state index is -3.76. The number of rotatable bonds is 6. The molecule has 3 aromatic rings. The first-order valence-electron chi connectivity index (χ1n) is 8.42. The maximum absolute atomic E-state index is 12.8. The van der Waals surface area contributed by atoms with Crippen LogP contribution in [-0.2, 0) is 10.0 Å². The maximum Gasteiger partial charge on any atom is 0.244 e. The normalized spacial score (nSPS) is 13.6. The van der Waals surface area contributed by atoms with Crippen molar-refractivity contribution in [3.63, 3.8) is 0 Å². The van der Waals surface area contributed by atoms with Crippen LogP contribution in [0.15, 0.2) is 34.5 Å². The molecule has 2 aromatic heterocycles. The van der Waals surface area contributed by atoms with Crippen LogP contribution in [0.25, 0.3) is 10.1 Å². The van der Waals surface area contributed by atoms with E-state index in [1.807, 2.05) is 43.5 Å². The summed E-state index contributed by atoms with van der Waals surface area (Å²) in [6.07, 6.45) is -0.915. The Bertz CT molecular complexity index is 1040. The molecule has 0 unspecified atom stereocenters. The zero-order valence-corrected chi connectivity index (χ0v) is 16.9. The SMILES string of the molecule is Cc1nn(C(C)C)c(C)c1S(=O)(=O)NC[C@H](O)c1csc2ccccc12. The minimum absolute atomic E-state index is 0.0698. The summed E-state index contributed by atoms with van der Waals surface area (Å²) in [6.45, 7) is 7.25. The second-order valence-electron chi connectivity index (χ2n) is 6.59. The van der Waals surface area contributed by atoms with Crippen molar-refractivity contribution in [1.29, 1.82) is 0 Å². The Labute approximate surface area is 157 Å². The van der Waals surface area contributed by atoms with Gasteiger partial charge in [0, 0.05) is 22.8 Å². The molecule has 2 N–H and O–H groups in total. The molecule has 0 saturated carbocycles. The fourth-order valence-electron chi connectivity index (χ4n) is 3.17. The summed E-state index contributed by atoms with van der Waals surface area (Å²) in [4.78, 5) is 0.188. The summed E-state index contributed by atoms with van der Waals surface area (Å²) in [7, 11) is -3.76. The lowest BCUT2D eigenvalue weighted by atomic mass is 10.1. The average Bonchev–Trinajstić information content (AvgIpc) is 3.14. The Morgan fingerprint density at radius 3 is 2.62 bits per heavy atom. The fraction of sp³-hybridized carbons (Fsp3) is 0.389. The number of thiophene rings is 1. The van der Waals surface area contributed by atoms with Crippen LogP contribution < -0.4 is 4.72 Å². The van der Waals surface area contributed by atoms with Crippen LogP contribution in [0.1, 0.15) is 42.9 Å². The first-order chi connectivity index (χ1) is 12.2. The molecule has 0 bridgehead atoms. The zero-order chi connectivity index (χ0) is 19.1. The van der Waals surface area contributed by atoms with Gasteiger partial charge in [0.05, 0.1) is 17.5 Å². The van der Waals surface area contributed by atoms with Gasteiger partial charge in [-0.3, -0.25) is 4.68 Å². The van der Waals surface area contributed by atoms with E-state index in [1.54, 1.807) is 18.5 Å². The Morgan fingerprint density at radius 2 is 1.96 bits per heavy atom. The summed E-state index contributed by atoms with van der Waals surface area (Å²) in [5.74, 6) is 0. The van der Waals surface area contributed by atoms with E-state index in [-0.39, 0.29) is 17.5 Å². The smallest absolute Gasteiger partial charge is 0.244 e. The molecular formula is C18H23N3O3S2. The van der Waals surface area contributed by atoms with Gasteiger partial charge in [-0.15, -0.1) is 11.3 Å². The van der Waals surface area contributed by atoms with E-state index in [2.05, 4.69) is 9.82 Å². The molecule has 0 spiro atoms. The summed E-state index contributed by atoms with van der Waals surface area (Å²) >= 11 is 1.53. The van der Waals surface area contributed by atoms with E-state index in [0.717, 1.165) is 15.6 Å². The van der Waals surface area contributed by atoms with Crippen molar-refractivity contribution in [2.45, 2.75) is 44.7 Å². The molecular weight excluding hydrogens is 370 g/mol. The number of sulfonamides is 1. The Kier molecular flexibility index (Phi) is 5.21. The number of aliphatic hydroxyl groups excluding tert-OH is 1. The monoisotopic (exact) mass is 393 g/mol. The zero-order valence-electron chi connectivity index (χ0n) is 15.2. The standard InChI is InChI=1S/C18H23N3O3S2/c1-11(2)21-13(4)18(12(3)20-21)26(23,24)19-9-16(22)15-10-25-17-8-6-5-7-14(15)17/h5-8,10-11,16,19,22H,9H2,1-4H3/t16-/m0/s1. The van der Waals surface area contributed by atoms with Gasteiger partial charge < -0.3 is 5.11 Å². The molecule has 3 rings (SSSR count). The van der Waals surface area contributed by atoms with Crippen LogP contribution in [0.3, 0.4) is 0 Å². The van der Waals surface area contributed by atoms with Crippen molar-refractivity contribution in [1.82, 2.24) is 14.5 Å². The molecule has 2 heterocycles. The van der Waals surface area contributed by atoms with Gasteiger partial charge in [-0.05, 0) is 44.5 Å². The van der Waals surface area contributed by atoms with E-state index in [9.17, 15) is 13.5 Å². The number of nitrogens with zero attached hydrogens (tertiary/aromatic N) is 2. The highest BCUT2D eigenvalue weighted by molar-refractivity contribution is 7.89. The molecule has 0 radical (unpaired) electrons. The van der Waals surface area contributed by atoms with Crippen molar-refractivity contribution in [3.05, 3.63) is 46.6 Å². The maximum atomic E-state index is 12.8. The van der Waals surface area contributed by atoms with Gasteiger partial charge in [0.2, 0.25) is 10.0 Å². The van der Waals surface area contributed by atoms with Crippen molar-refractivity contribution in [2.75, 3.05) is 6.54 Å². The summed E-state index contributed by atoms with van der Waals surface area (Å²) in [6, 6.07) is 7.83. The number of benzene rings is 1. The molecule has 140 valence electrons. The number of aromatic nitrogens is 2. The summed E-state index contributed by atoms with van der Waals surface area (Å²) in [5, 5.41) is 17.7. The third kappa shape index (κ3) is 3.42. The number of aliphatic hydroxyl groups is 1. The number of aryl methyl sites for hydroxylation is 1. The van der Waals surface area contributed by atoms with Crippen LogP contribution in [0.5, 0.6) is 0 Å². The topological polar surface area (TPSA) is 84.2 Å².